The van der Waals surface area contributed by atoms with Crippen LogP contribution in [-0.2, 0) is 0 Å². The maximum Gasteiger partial charge on any atom is 0.120 e. The normalized spacial score (nSPS) is 47.6. The highest BCUT2D eigenvalue weighted by Crippen LogP contribution is 2.07. The SMILES string of the molecule is CC1C[C@H](N)C(O)N1. The van der Waals surface area contributed by atoms with E-state index in [-0.39, 0.29) is 6.04 Å². The highest BCUT2D eigenvalue weighted by molar-refractivity contribution is 4.84. The Morgan fingerprint density at radius 1 is 1.75 bits per heavy atom. The molecule has 3 atom stereocenters. The standard InChI is InChI=1S/C5H12N2O/c1-3-2-4(6)5(8)7-3/h3-5,7-8H,2,6H2,1H3/t3?,4-,5?/m0/s1. The fourth-order valence-corrected chi connectivity index (χ4v) is 1.02. The van der Waals surface area contributed by atoms with Crippen LogP contribution in [-0.4, -0.2) is 23.4 Å². The second kappa shape index (κ2) is 2.01. The number of hydrogen-bond donors (Lipinski definition) is 3. The topological polar surface area (TPSA) is 58.3 Å². The van der Waals surface area contributed by atoms with E-state index in [1.807, 2.05) is 6.92 Å². The molecule has 3 heteroatoms. The third-order valence-corrected chi connectivity index (χ3v) is 1.49. The van der Waals surface area contributed by atoms with Gasteiger partial charge in [0.15, 0.2) is 0 Å². The van der Waals surface area contributed by atoms with Gasteiger partial charge in [-0.05, 0) is 13.3 Å². The highest BCUT2D eigenvalue weighted by atomic mass is 16.3. The predicted molar refractivity (Wildman–Crippen MR) is 31.2 cm³/mol. The summed E-state index contributed by atoms with van der Waals surface area (Å²) < 4.78 is 0. The smallest absolute Gasteiger partial charge is 0.120 e. The van der Waals surface area contributed by atoms with Gasteiger partial charge in [-0.25, -0.2) is 0 Å². The molecule has 3 nitrogen and oxygen atoms in total. The number of aliphatic hydroxyl groups excluding tert-OH is 1. The molecule has 1 heterocycles. The average Bonchev–Trinajstić information content (AvgIpc) is 1.85. The van der Waals surface area contributed by atoms with Gasteiger partial charge < -0.3 is 10.8 Å². The van der Waals surface area contributed by atoms with Crippen LogP contribution in [0, 0.1) is 0 Å². The monoisotopic (exact) mass is 116 g/mol. The number of nitrogens with two attached hydrogens (primary N) is 1. The number of rotatable bonds is 0. The van der Waals surface area contributed by atoms with Crippen molar-refractivity contribution >= 4 is 0 Å². The molecule has 0 aromatic heterocycles. The van der Waals surface area contributed by atoms with Crippen molar-refractivity contribution in [1.29, 1.82) is 0 Å². The van der Waals surface area contributed by atoms with E-state index in [9.17, 15) is 0 Å². The minimum absolute atomic E-state index is 0.0648. The van der Waals surface area contributed by atoms with Gasteiger partial charge >= 0.3 is 0 Å². The second-order valence-electron chi connectivity index (χ2n) is 2.41. The molecular formula is C5H12N2O. The van der Waals surface area contributed by atoms with Gasteiger partial charge in [-0.3, -0.25) is 5.32 Å². The van der Waals surface area contributed by atoms with Crippen LogP contribution >= 0.6 is 0 Å². The van der Waals surface area contributed by atoms with E-state index in [4.69, 9.17) is 10.8 Å². The summed E-state index contributed by atoms with van der Waals surface area (Å²) in [6, 6.07) is 0.310. The summed E-state index contributed by atoms with van der Waals surface area (Å²) in [7, 11) is 0. The van der Waals surface area contributed by atoms with E-state index in [0.717, 1.165) is 6.42 Å². The predicted octanol–water partition coefficient (Wildman–Crippen LogP) is -0.986. The molecule has 1 aliphatic rings. The van der Waals surface area contributed by atoms with E-state index in [2.05, 4.69) is 5.32 Å². The molecule has 1 fully saturated rings. The van der Waals surface area contributed by atoms with Crippen molar-refractivity contribution in [1.82, 2.24) is 5.32 Å². The van der Waals surface area contributed by atoms with Gasteiger partial charge in [-0.1, -0.05) is 0 Å². The van der Waals surface area contributed by atoms with E-state index in [1.54, 1.807) is 0 Å². The van der Waals surface area contributed by atoms with Crippen molar-refractivity contribution in [2.24, 2.45) is 5.73 Å². The molecule has 0 radical (unpaired) electrons. The highest BCUT2D eigenvalue weighted by Gasteiger charge is 2.25. The molecule has 2 unspecified atom stereocenters. The minimum Gasteiger partial charge on any atom is -0.377 e. The van der Waals surface area contributed by atoms with E-state index >= 15 is 0 Å². The fourth-order valence-electron chi connectivity index (χ4n) is 1.02. The lowest BCUT2D eigenvalue weighted by molar-refractivity contribution is 0.140. The maximum absolute atomic E-state index is 8.93. The summed E-state index contributed by atoms with van der Waals surface area (Å²) >= 11 is 0. The Kier molecular flexibility index (Phi) is 1.51. The molecule has 4 N–H and O–H groups in total. The molecule has 0 spiro atoms. The summed E-state index contributed by atoms with van der Waals surface area (Å²) in [5.41, 5.74) is 5.46. The van der Waals surface area contributed by atoms with Gasteiger partial charge in [0.2, 0.25) is 0 Å². The Morgan fingerprint density at radius 3 is 2.50 bits per heavy atom. The summed E-state index contributed by atoms with van der Waals surface area (Å²) in [5.74, 6) is 0. The fraction of sp³-hybridized carbons (Fsp3) is 1.00. The first-order chi connectivity index (χ1) is 3.70. The Labute approximate surface area is 48.9 Å². The van der Waals surface area contributed by atoms with Crippen molar-refractivity contribution in [2.45, 2.75) is 31.7 Å². The van der Waals surface area contributed by atoms with Crippen LogP contribution in [0.2, 0.25) is 0 Å². The zero-order valence-electron chi connectivity index (χ0n) is 4.96. The van der Waals surface area contributed by atoms with Crippen LogP contribution in [0.1, 0.15) is 13.3 Å². The maximum atomic E-state index is 8.93. The Balaban J connectivity index is 2.39. The van der Waals surface area contributed by atoms with E-state index < -0.39 is 6.23 Å². The summed E-state index contributed by atoms with van der Waals surface area (Å²) in [6.07, 6.45) is 0.395. The molecule has 0 bridgehead atoms. The number of aliphatic hydroxyl groups is 1. The number of nitrogens with one attached hydrogen (secondary N) is 1. The van der Waals surface area contributed by atoms with Crippen LogP contribution in [0.15, 0.2) is 0 Å². The van der Waals surface area contributed by atoms with Gasteiger partial charge in [0.1, 0.15) is 6.23 Å². The van der Waals surface area contributed by atoms with E-state index in [1.165, 1.54) is 0 Å². The second-order valence-corrected chi connectivity index (χ2v) is 2.41. The van der Waals surface area contributed by atoms with Crippen molar-refractivity contribution < 1.29 is 5.11 Å². The molecule has 0 aromatic rings. The average molecular weight is 116 g/mol. The minimum atomic E-state index is -0.481. The molecule has 0 aromatic carbocycles. The van der Waals surface area contributed by atoms with Gasteiger partial charge in [0.05, 0.1) is 0 Å². The molecule has 0 amide bonds. The molecule has 1 rings (SSSR count). The van der Waals surface area contributed by atoms with Gasteiger partial charge in [0, 0.05) is 12.1 Å². The quantitative estimate of drug-likeness (QED) is 0.381. The Bertz CT molecular complexity index is 76.5. The third-order valence-electron chi connectivity index (χ3n) is 1.49. The first kappa shape index (κ1) is 6.01. The van der Waals surface area contributed by atoms with Gasteiger partial charge in [-0.2, -0.15) is 0 Å². The molecule has 0 saturated carbocycles. The van der Waals surface area contributed by atoms with Gasteiger partial charge in [0.25, 0.3) is 0 Å². The largest absolute Gasteiger partial charge is 0.377 e. The molecule has 1 saturated heterocycles. The molecule has 48 valence electrons. The molecule has 0 aliphatic carbocycles. The summed E-state index contributed by atoms with van der Waals surface area (Å²) in [4.78, 5) is 0. The lowest BCUT2D eigenvalue weighted by Gasteiger charge is -2.05. The summed E-state index contributed by atoms with van der Waals surface area (Å²) in [6.45, 7) is 2.01. The van der Waals surface area contributed by atoms with Gasteiger partial charge in [-0.15, -0.1) is 0 Å². The van der Waals surface area contributed by atoms with Crippen LogP contribution in [0.25, 0.3) is 0 Å². The third kappa shape index (κ3) is 0.992. The van der Waals surface area contributed by atoms with Crippen molar-refractivity contribution in [3.8, 4) is 0 Å². The lowest BCUT2D eigenvalue weighted by atomic mass is 10.2. The summed E-state index contributed by atoms with van der Waals surface area (Å²) in [5, 5.41) is 11.8. The zero-order valence-corrected chi connectivity index (χ0v) is 4.96. The number of hydrogen-bond acceptors (Lipinski definition) is 3. The van der Waals surface area contributed by atoms with Crippen LogP contribution in [0.5, 0.6) is 0 Å². The van der Waals surface area contributed by atoms with Crippen LogP contribution in [0.4, 0.5) is 0 Å². The first-order valence-corrected chi connectivity index (χ1v) is 2.90. The lowest BCUT2D eigenvalue weighted by Crippen LogP contribution is -2.36. The first-order valence-electron chi connectivity index (χ1n) is 2.90. The van der Waals surface area contributed by atoms with Crippen LogP contribution in [0.3, 0.4) is 0 Å². The molecule has 1 aliphatic heterocycles. The van der Waals surface area contributed by atoms with E-state index in [0.29, 0.717) is 6.04 Å². The van der Waals surface area contributed by atoms with Crippen molar-refractivity contribution in [3.63, 3.8) is 0 Å². The van der Waals surface area contributed by atoms with Crippen molar-refractivity contribution in [2.75, 3.05) is 0 Å². The Hall–Kier alpha value is -0.120. The Morgan fingerprint density at radius 2 is 2.38 bits per heavy atom. The molecular weight excluding hydrogens is 104 g/mol. The zero-order chi connectivity index (χ0) is 6.15. The van der Waals surface area contributed by atoms with Crippen molar-refractivity contribution in [3.05, 3.63) is 0 Å². The van der Waals surface area contributed by atoms with Crippen LogP contribution < -0.4 is 11.1 Å². The molecule has 8 heavy (non-hydrogen) atoms.